The zero-order chi connectivity index (χ0) is 18.3. The van der Waals surface area contributed by atoms with E-state index in [1.807, 2.05) is 24.3 Å². The number of hydrogen-bond donors (Lipinski definition) is 0. The van der Waals surface area contributed by atoms with Gasteiger partial charge in [-0.05, 0) is 73.7 Å². The van der Waals surface area contributed by atoms with Crippen LogP contribution in [0.1, 0.15) is 26.2 Å². The van der Waals surface area contributed by atoms with Gasteiger partial charge in [-0.1, -0.05) is 22.9 Å². The molecule has 3 atom stereocenters. The van der Waals surface area contributed by atoms with Gasteiger partial charge in [0.05, 0.1) is 17.5 Å². The van der Waals surface area contributed by atoms with E-state index in [1.54, 1.807) is 24.3 Å². The van der Waals surface area contributed by atoms with Crippen LogP contribution in [0.25, 0.3) is 0 Å². The molecule has 0 spiro atoms. The van der Waals surface area contributed by atoms with E-state index < -0.39 is 0 Å². The summed E-state index contributed by atoms with van der Waals surface area (Å²) >= 11 is 3.39. The van der Waals surface area contributed by atoms with Crippen molar-refractivity contribution in [3.8, 4) is 11.5 Å². The minimum Gasteiger partial charge on any atom is -0.457 e. The van der Waals surface area contributed by atoms with E-state index in [9.17, 15) is 9.59 Å². The van der Waals surface area contributed by atoms with Crippen molar-refractivity contribution in [2.45, 2.75) is 26.2 Å². The van der Waals surface area contributed by atoms with Crippen molar-refractivity contribution in [1.82, 2.24) is 0 Å². The summed E-state index contributed by atoms with van der Waals surface area (Å²) in [5, 5.41) is 0. The van der Waals surface area contributed by atoms with Crippen molar-refractivity contribution in [2.75, 3.05) is 4.90 Å². The quantitative estimate of drug-likeness (QED) is 0.652. The van der Waals surface area contributed by atoms with Gasteiger partial charge in [-0.15, -0.1) is 0 Å². The number of imide groups is 1. The van der Waals surface area contributed by atoms with Crippen LogP contribution in [0.15, 0.2) is 53.0 Å². The van der Waals surface area contributed by atoms with Crippen LogP contribution in [-0.4, -0.2) is 11.8 Å². The number of benzene rings is 2. The number of carbonyl (C=O) groups excluding carboxylic acids is 2. The first kappa shape index (κ1) is 17.3. The second kappa shape index (κ2) is 6.88. The lowest BCUT2D eigenvalue weighted by Gasteiger charge is -2.25. The highest BCUT2D eigenvalue weighted by Crippen LogP contribution is 2.42. The van der Waals surface area contributed by atoms with Crippen LogP contribution in [0.5, 0.6) is 11.5 Å². The van der Waals surface area contributed by atoms with Crippen LogP contribution < -0.4 is 9.64 Å². The van der Waals surface area contributed by atoms with Gasteiger partial charge in [0.2, 0.25) is 11.8 Å². The molecule has 26 heavy (non-hydrogen) atoms. The van der Waals surface area contributed by atoms with Gasteiger partial charge in [-0.2, -0.15) is 0 Å². The molecular weight excluding hydrogens is 394 g/mol. The van der Waals surface area contributed by atoms with Crippen molar-refractivity contribution >= 4 is 33.4 Å². The van der Waals surface area contributed by atoms with Crippen LogP contribution in [0.3, 0.4) is 0 Å². The number of ether oxygens (including phenoxy) is 1. The molecule has 2 aromatic carbocycles. The van der Waals surface area contributed by atoms with E-state index in [0.29, 0.717) is 17.4 Å². The number of halogens is 1. The Balaban J connectivity index is 1.52. The molecule has 0 radical (unpaired) electrons. The summed E-state index contributed by atoms with van der Waals surface area (Å²) in [6.07, 6.45) is 2.65. The Hall–Kier alpha value is -2.14. The molecule has 134 valence electrons. The Morgan fingerprint density at radius 1 is 0.885 bits per heavy atom. The average Bonchev–Trinajstić information content (AvgIpc) is 2.88. The highest BCUT2D eigenvalue weighted by Gasteiger charge is 2.49. The van der Waals surface area contributed by atoms with Gasteiger partial charge < -0.3 is 4.74 Å². The smallest absolute Gasteiger partial charge is 0.237 e. The summed E-state index contributed by atoms with van der Waals surface area (Å²) in [7, 11) is 0. The fraction of sp³-hybridized carbons (Fsp3) is 0.333. The van der Waals surface area contributed by atoms with Gasteiger partial charge >= 0.3 is 0 Å². The topological polar surface area (TPSA) is 46.6 Å². The van der Waals surface area contributed by atoms with E-state index in [4.69, 9.17) is 4.74 Å². The standard InChI is InChI=1S/C21H20BrNO3/c1-13-2-11-18-19(12-13)21(25)23(20(18)24)15-5-9-17(10-6-15)26-16-7-3-14(22)4-8-16/h3-10,13,18-19H,2,11-12H2,1H3/t13-,18-,19-/m1/s1. The number of amides is 2. The Morgan fingerprint density at radius 3 is 2.12 bits per heavy atom. The fourth-order valence-corrected chi connectivity index (χ4v) is 4.21. The summed E-state index contributed by atoms with van der Waals surface area (Å²) in [5.74, 6) is 1.52. The lowest BCUT2D eigenvalue weighted by molar-refractivity contribution is -0.122. The molecule has 0 aromatic heterocycles. The molecule has 1 saturated heterocycles. The zero-order valence-corrected chi connectivity index (χ0v) is 16.1. The molecule has 1 aliphatic heterocycles. The monoisotopic (exact) mass is 413 g/mol. The second-order valence-corrected chi connectivity index (χ2v) is 8.11. The average molecular weight is 414 g/mol. The fourth-order valence-electron chi connectivity index (χ4n) is 3.95. The summed E-state index contributed by atoms with van der Waals surface area (Å²) in [5.41, 5.74) is 0.630. The van der Waals surface area contributed by atoms with E-state index in [1.165, 1.54) is 4.90 Å². The Kier molecular flexibility index (Phi) is 4.57. The minimum absolute atomic E-state index is 0.0477. The van der Waals surface area contributed by atoms with Crippen LogP contribution in [0.4, 0.5) is 5.69 Å². The summed E-state index contributed by atoms with van der Waals surface area (Å²) in [4.78, 5) is 26.9. The molecule has 1 heterocycles. The summed E-state index contributed by atoms with van der Waals surface area (Å²) < 4.78 is 6.79. The van der Waals surface area contributed by atoms with Gasteiger partial charge in [0.15, 0.2) is 0 Å². The number of carbonyl (C=O) groups is 2. The van der Waals surface area contributed by atoms with Crippen LogP contribution in [0, 0.1) is 17.8 Å². The number of nitrogens with zero attached hydrogens (tertiary/aromatic N) is 1. The molecule has 2 aliphatic rings. The van der Waals surface area contributed by atoms with Crippen molar-refractivity contribution in [2.24, 2.45) is 17.8 Å². The van der Waals surface area contributed by atoms with E-state index in [-0.39, 0.29) is 23.7 Å². The second-order valence-electron chi connectivity index (χ2n) is 7.19. The third kappa shape index (κ3) is 3.16. The lowest BCUT2D eigenvalue weighted by Crippen LogP contribution is -2.30. The van der Waals surface area contributed by atoms with Gasteiger partial charge in [0, 0.05) is 4.47 Å². The maximum Gasteiger partial charge on any atom is 0.237 e. The molecule has 1 aliphatic carbocycles. The maximum absolute atomic E-state index is 12.8. The number of hydrogen-bond acceptors (Lipinski definition) is 3. The van der Waals surface area contributed by atoms with E-state index >= 15 is 0 Å². The highest BCUT2D eigenvalue weighted by atomic mass is 79.9. The molecule has 2 fully saturated rings. The molecule has 0 N–H and O–H groups in total. The van der Waals surface area contributed by atoms with Gasteiger partial charge in [0.1, 0.15) is 11.5 Å². The number of fused-ring (bicyclic) bond motifs is 1. The third-order valence-electron chi connectivity index (χ3n) is 5.33. The van der Waals surface area contributed by atoms with Gasteiger partial charge in [0.25, 0.3) is 0 Å². The van der Waals surface area contributed by atoms with Gasteiger partial charge in [-0.3, -0.25) is 14.5 Å². The molecule has 4 nitrogen and oxygen atoms in total. The van der Waals surface area contributed by atoms with E-state index in [0.717, 1.165) is 29.5 Å². The van der Waals surface area contributed by atoms with Crippen LogP contribution >= 0.6 is 15.9 Å². The molecule has 4 rings (SSSR count). The normalized spacial score (nSPS) is 25.3. The summed E-state index contributed by atoms with van der Waals surface area (Å²) in [6, 6.07) is 14.7. The predicted octanol–water partition coefficient (Wildman–Crippen LogP) is 5.17. The van der Waals surface area contributed by atoms with Crippen LogP contribution in [0.2, 0.25) is 0 Å². The van der Waals surface area contributed by atoms with Crippen molar-refractivity contribution < 1.29 is 14.3 Å². The van der Waals surface area contributed by atoms with Crippen LogP contribution in [-0.2, 0) is 9.59 Å². The first-order valence-electron chi connectivity index (χ1n) is 8.94. The Labute approximate surface area is 161 Å². The van der Waals surface area contributed by atoms with Crippen molar-refractivity contribution in [3.63, 3.8) is 0 Å². The third-order valence-corrected chi connectivity index (χ3v) is 5.86. The largest absolute Gasteiger partial charge is 0.457 e. The maximum atomic E-state index is 12.8. The zero-order valence-electron chi connectivity index (χ0n) is 14.5. The number of rotatable bonds is 3. The molecule has 2 aromatic rings. The molecule has 1 saturated carbocycles. The molecular formula is C21H20BrNO3. The predicted molar refractivity (Wildman–Crippen MR) is 103 cm³/mol. The highest BCUT2D eigenvalue weighted by molar-refractivity contribution is 9.10. The molecule has 2 amide bonds. The van der Waals surface area contributed by atoms with Crippen molar-refractivity contribution in [3.05, 3.63) is 53.0 Å². The van der Waals surface area contributed by atoms with Crippen molar-refractivity contribution in [1.29, 1.82) is 0 Å². The van der Waals surface area contributed by atoms with E-state index in [2.05, 4.69) is 22.9 Å². The first-order chi connectivity index (χ1) is 12.5. The molecule has 0 unspecified atom stereocenters. The SMILES string of the molecule is C[C@@H]1CC[C@H]2C(=O)N(c3ccc(Oc4ccc(Br)cc4)cc3)C(=O)[C@@H]2C1. The minimum atomic E-state index is -0.148. The Bertz CT molecular complexity index is 831. The summed E-state index contributed by atoms with van der Waals surface area (Å²) in [6.45, 7) is 2.16. The van der Waals surface area contributed by atoms with Gasteiger partial charge in [-0.25, -0.2) is 0 Å². The Morgan fingerprint density at radius 2 is 1.46 bits per heavy atom. The first-order valence-corrected chi connectivity index (χ1v) is 9.73. The number of anilines is 1. The lowest BCUT2D eigenvalue weighted by atomic mass is 9.76. The molecule has 5 heteroatoms. The molecule has 0 bridgehead atoms.